The molecule has 2 atom stereocenters. The zero-order valence-corrected chi connectivity index (χ0v) is 14.4. The minimum atomic E-state index is 0.398. The summed E-state index contributed by atoms with van der Waals surface area (Å²) in [5.74, 6) is 0.720. The van der Waals surface area contributed by atoms with Crippen LogP contribution in [0.15, 0.2) is 22.7 Å². The zero-order chi connectivity index (χ0) is 14.4. The molecule has 0 aliphatic rings. The molecule has 1 rings (SSSR count). The van der Waals surface area contributed by atoms with E-state index in [1.807, 2.05) is 0 Å². The Labute approximate surface area is 126 Å². The van der Waals surface area contributed by atoms with Crippen LogP contribution in [0.2, 0.25) is 0 Å². The molecule has 0 fully saturated rings. The van der Waals surface area contributed by atoms with Crippen LogP contribution < -0.4 is 10.2 Å². The van der Waals surface area contributed by atoms with Gasteiger partial charge in [-0.3, -0.25) is 0 Å². The van der Waals surface area contributed by atoms with Gasteiger partial charge in [0.25, 0.3) is 0 Å². The van der Waals surface area contributed by atoms with Crippen LogP contribution >= 0.6 is 15.9 Å². The summed E-state index contributed by atoms with van der Waals surface area (Å²) in [5, 5.41) is 3.44. The van der Waals surface area contributed by atoms with Gasteiger partial charge in [-0.15, -0.1) is 0 Å². The van der Waals surface area contributed by atoms with Crippen LogP contribution in [0.4, 0.5) is 5.69 Å². The summed E-state index contributed by atoms with van der Waals surface area (Å²) in [4.78, 5) is 2.33. The molecule has 2 nitrogen and oxygen atoms in total. The van der Waals surface area contributed by atoms with Crippen molar-refractivity contribution in [1.29, 1.82) is 0 Å². The largest absolute Gasteiger partial charge is 0.373 e. The Balaban J connectivity index is 2.82. The Kier molecular flexibility index (Phi) is 6.87. The molecule has 108 valence electrons. The summed E-state index contributed by atoms with van der Waals surface area (Å²) in [5.41, 5.74) is 2.60. The van der Waals surface area contributed by atoms with Crippen LogP contribution in [-0.4, -0.2) is 20.1 Å². The van der Waals surface area contributed by atoms with E-state index in [0.717, 1.165) is 19.0 Å². The lowest BCUT2D eigenvalue weighted by Gasteiger charge is -2.25. The number of rotatable bonds is 7. The van der Waals surface area contributed by atoms with Crippen LogP contribution in [0.3, 0.4) is 0 Å². The maximum absolute atomic E-state index is 3.71. The fourth-order valence-electron chi connectivity index (χ4n) is 2.22. The Bertz CT molecular complexity index is 392. The van der Waals surface area contributed by atoms with Crippen molar-refractivity contribution in [2.75, 3.05) is 25.0 Å². The lowest BCUT2D eigenvalue weighted by molar-refractivity contribution is 0.559. The Hall–Kier alpha value is -0.540. The first-order valence-electron chi connectivity index (χ1n) is 7.23. The van der Waals surface area contributed by atoms with Crippen molar-refractivity contribution in [3.05, 3.63) is 28.2 Å². The second-order valence-electron chi connectivity index (χ2n) is 5.38. The minimum absolute atomic E-state index is 0.398. The van der Waals surface area contributed by atoms with Crippen molar-refractivity contribution in [1.82, 2.24) is 5.32 Å². The van der Waals surface area contributed by atoms with Crippen molar-refractivity contribution >= 4 is 21.6 Å². The molecule has 1 aromatic carbocycles. The van der Waals surface area contributed by atoms with Gasteiger partial charge in [0.1, 0.15) is 0 Å². The van der Waals surface area contributed by atoms with E-state index in [-0.39, 0.29) is 0 Å². The van der Waals surface area contributed by atoms with Gasteiger partial charge >= 0.3 is 0 Å². The summed E-state index contributed by atoms with van der Waals surface area (Å²) in [6.45, 7) is 11.0. The van der Waals surface area contributed by atoms with Crippen LogP contribution in [0.1, 0.15) is 45.7 Å². The summed E-state index contributed by atoms with van der Waals surface area (Å²) in [6.07, 6.45) is 1.22. The fourth-order valence-corrected chi connectivity index (χ4v) is 2.92. The predicted molar refractivity (Wildman–Crippen MR) is 89.0 cm³/mol. The molecule has 0 radical (unpaired) electrons. The van der Waals surface area contributed by atoms with Crippen molar-refractivity contribution in [2.45, 2.75) is 40.2 Å². The first-order valence-corrected chi connectivity index (χ1v) is 8.02. The highest BCUT2D eigenvalue weighted by atomic mass is 79.9. The number of benzene rings is 1. The van der Waals surface area contributed by atoms with Crippen molar-refractivity contribution in [3.8, 4) is 0 Å². The maximum Gasteiger partial charge on any atom is 0.0508 e. The molecule has 0 heterocycles. The molecule has 19 heavy (non-hydrogen) atoms. The molecule has 2 unspecified atom stereocenters. The Morgan fingerprint density at radius 2 is 1.95 bits per heavy atom. The van der Waals surface area contributed by atoms with Gasteiger partial charge in [-0.05, 0) is 53.0 Å². The van der Waals surface area contributed by atoms with E-state index in [4.69, 9.17) is 0 Å². The summed E-state index contributed by atoms with van der Waals surface area (Å²) >= 11 is 3.71. The van der Waals surface area contributed by atoms with E-state index in [1.165, 1.54) is 22.1 Å². The number of hydrogen-bond acceptors (Lipinski definition) is 2. The molecule has 3 heteroatoms. The van der Waals surface area contributed by atoms with Gasteiger partial charge in [0.2, 0.25) is 0 Å². The summed E-state index contributed by atoms with van der Waals surface area (Å²) in [6, 6.07) is 7.07. The first kappa shape index (κ1) is 16.5. The third-order valence-corrected chi connectivity index (χ3v) is 4.31. The standard InChI is InChI=1S/C16H27BrN2/c1-6-12(3)11-19(5)16-9-8-14(10-15(16)17)13(4)18-7-2/h8-10,12-13,18H,6-7,11H2,1-5H3. The third kappa shape index (κ3) is 4.81. The van der Waals surface area contributed by atoms with Crippen molar-refractivity contribution < 1.29 is 0 Å². The molecule has 0 spiro atoms. The first-order chi connectivity index (χ1) is 8.99. The molecular weight excluding hydrogens is 300 g/mol. The molecule has 0 aliphatic heterocycles. The highest BCUT2D eigenvalue weighted by molar-refractivity contribution is 9.10. The summed E-state index contributed by atoms with van der Waals surface area (Å²) in [7, 11) is 2.17. The molecule has 0 aromatic heterocycles. The maximum atomic E-state index is 3.71. The van der Waals surface area contributed by atoms with E-state index in [0.29, 0.717) is 6.04 Å². The van der Waals surface area contributed by atoms with Gasteiger partial charge in [0, 0.05) is 24.1 Å². The molecule has 0 bridgehead atoms. The lowest BCUT2D eigenvalue weighted by atomic mass is 10.1. The van der Waals surface area contributed by atoms with E-state index in [9.17, 15) is 0 Å². The average molecular weight is 327 g/mol. The van der Waals surface area contributed by atoms with Gasteiger partial charge in [-0.1, -0.05) is 33.3 Å². The minimum Gasteiger partial charge on any atom is -0.373 e. The quantitative estimate of drug-likeness (QED) is 0.787. The molecule has 1 aromatic rings. The second kappa shape index (κ2) is 7.91. The number of hydrogen-bond donors (Lipinski definition) is 1. The Morgan fingerprint density at radius 1 is 1.26 bits per heavy atom. The van der Waals surface area contributed by atoms with E-state index < -0.39 is 0 Å². The normalized spacial score (nSPS) is 14.2. The zero-order valence-electron chi connectivity index (χ0n) is 12.8. The van der Waals surface area contributed by atoms with Crippen LogP contribution in [0.25, 0.3) is 0 Å². The molecule has 0 amide bonds. The smallest absolute Gasteiger partial charge is 0.0508 e. The van der Waals surface area contributed by atoms with Crippen molar-refractivity contribution in [3.63, 3.8) is 0 Å². The molecule has 0 saturated carbocycles. The Morgan fingerprint density at radius 3 is 2.47 bits per heavy atom. The summed E-state index contributed by atoms with van der Waals surface area (Å²) < 4.78 is 1.18. The number of nitrogens with one attached hydrogen (secondary N) is 1. The lowest BCUT2D eigenvalue weighted by Crippen LogP contribution is -2.24. The van der Waals surface area contributed by atoms with Crippen LogP contribution in [-0.2, 0) is 0 Å². The third-order valence-electron chi connectivity index (χ3n) is 3.68. The second-order valence-corrected chi connectivity index (χ2v) is 6.24. The van der Waals surface area contributed by atoms with E-state index in [2.05, 4.69) is 79.1 Å². The fraction of sp³-hybridized carbons (Fsp3) is 0.625. The van der Waals surface area contributed by atoms with E-state index >= 15 is 0 Å². The topological polar surface area (TPSA) is 15.3 Å². The van der Waals surface area contributed by atoms with Crippen molar-refractivity contribution in [2.24, 2.45) is 5.92 Å². The monoisotopic (exact) mass is 326 g/mol. The predicted octanol–water partition coefficient (Wildman–Crippen LogP) is 4.60. The SMILES string of the molecule is CCNC(C)c1ccc(N(C)CC(C)CC)c(Br)c1. The molecule has 0 aliphatic carbocycles. The number of anilines is 1. The highest BCUT2D eigenvalue weighted by Crippen LogP contribution is 2.29. The number of nitrogens with zero attached hydrogens (tertiary/aromatic N) is 1. The molecular formula is C16H27BrN2. The van der Waals surface area contributed by atoms with Crippen LogP contribution in [0, 0.1) is 5.92 Å². The number of halogens is 1. The molecule has 0 saturated heterocycles. The van der Waals surface area contributed by atoms with Gasteiger partial charge in [-0.25, -0.2) is 0 Å². The van der Waals surface area contributed by atoms with Gasteiger partial charge < -0.3 is 10.2 Å². The van der Waals surface area contributed by atoms with Gasteiger partial charge in [0.15, 0.2) is 0 Å². The van der Waals surface area contributed by atoms with E-state index in [1.54, 1.807) is 0 Å². The highest BCUT2D eigenvalue weighted by Gasteiger charge is 2.11. The van der Waals surface area contributed by atoms with Gasteiger partial charge in [0.05, 0.1) is 5.69 Å². The van der Waals surface area contributed by atoms with Crippen LogP contribution in [0.5, 0.6) is 0 Å². The van der Waals surface area contributed by atoms with Gasteiger partial charge in [-0.2, -0.15) is 0 Å². The molecule has 1 N–H and O–H groups in total. The average Bonchev–Trinajstić information content (AvgIpc) is 2.38.